The number of aromatic nitrogens is 2. The number of carbonyl (C=O) groups is 1. The highest BCUT2D eigenvalue weighted by molar-refractivity contribution is 7.10. The predicted molar refractivity (Wildman–Crippen MR) is 95.3 cm³/mol. The van der Waals surface area contributed by atoms with Gasteiger partial charge in [0.2, 0.25) is 11.8 Å². The summed E-state index contributed by atoms with van der Waals surface area (Å²) in [6.45, 7) is 1.27. The van der Waals surface area contributed by atoms with Crippen LogP contribution < -0.4 is 9.64 Å². The topological polar surface area (TPSA) is 58.6 Å². The molecule has 0 aliphatic carbocycles. The Morgan fingerprint density at radius 2 is 2.25 bits per heavy atom. The zero-order chi connectivity index (χ0) is 16.9. The van der Waals surface area contributed by atoms with Crippen LogP contribution in [0.5, 0.6) is 5.88 Å². The van der Waals surface area contributed by atoms with Gasteiger partial charge in [-0.05, 0) is 23.6 Å². The van der Waals surface area contributed by atoms with Gasteiger partial charge in [-0.2, -0.15) is 0 Å². The molecule has 24 heavy (non-hydrogen) atoms. The van der Waals surface area contributed by atoms with Gasteiger partial charge in [-0.15, -0.1) is 21.5 Å². The number of nitrogens with zero attached hydrogens (tertiary/aromatic N) is 4. The largest absolute Gasteiger partial charge is 0.471 e. The second-order valence-electron chi connectivity index (χ2n) is 5.79. The lowest BCUT2D eigenvalue weighted by Gasteiger charge is -2.15. The highest BCUT2D eigenvalue weighted by Gasteiger charge is 2.26. The second kappa shape index (κ2) is 7.44. The molecule has 0 N–H and O–H groups in total. The fourth-order valence-electron chi connectivity index (χ4n) is 2.45. The van der Waals surface area contributed by atoms with E-state index in [1.165, 1.54) is 0 Å². The third-order valence-electron chi connectivity index (χ3n) is 3.76. The minimum absolute atomic E-state index is 0.0172. The molecular formula is C17H20N4O2S. The quantitative estimate of drug-likeness (QED) is 0.779. The van der Waals surface area contributed by atoms with Gasteiger partial charge in [0.25, 0.3) is 0 Å². The van der Waals surface area contributed by atoms with Crippen LogP contribution in [0.25, 0.3) is 6.08 Å². The Morgan fingerprint density at radius 3 is 2.92 bits per heavy atom. The molecule has 1 amide bonds. The summed E-state index contributed by atoms with van der Waals surface area (Å²) < 4.78 is 5.83. The number of hydrogen-bond donors (Lipinski definition) is 0. The van der Waals surface area contributed by atoms with Crippen LogP contribution in [0.4, 0.5) is 5.82 Å². The van der Waals surface area contributed by atoms with Crippen LogP contribution in [0, 0.1) is 0 Å². The monoisotopic (exact) mass is 344 g/mol. The van der Waals surface area contributed by atoms with E-state index < -0.39 is 0 Å². The average molecular weight is 344 g/mol. The van der Waals surface area contributed by atoms with Crippen molar-refractivity contribution in [2.24, 2.45) is 0 Å². The van der Waals surface area contributed by atoms with Gasteiger partial charge < -0.3 is 14.5 Å². The first-order valence-corrected chi connectivity index (χ1v) is 8.68. The molecular weight excluding hydrogens is 324 g/mol. The van der Waals surface area contributed by atoms with Gasteiger partial charge in [0.15, 0.2) is 5.82 Å². The van der Waals surface area contributed by atoms with Crippen molar-refractivity contribution in [2.75, 3.05) is 32.1 Å². The second-order valence-corrected chi connectivity index (χ2v) is 6.77. The van der Waals surface area contributed by atoms with E-state index in [4.69, 9.17) is 4.74 Å². The number of anilines is 1. The summed E-state index contributed by atoms with van der Waals surface area (Å²) in [5.41, 5.74) is 0. The summed E-state index contributed by atoms with van der Waals surface area (Å²) in [5.74, 6) is 1.29. The Labute approximate surface area is 145 Å². The van der Waals surface area contributed by atoms with Crippen LogP contribution in [0.1, 0.15) is 11.3 Å². The Bertz CT molecular complexity index is 698. The number of rotatable bonds is 5. The van der Waals surface area contributed by atoms with Crippen LogP contribution in [0.3, 0.4) is 0 Å². The highest BCUT2D eigenvalue weighted by atomic mass is 32.1. The molecule has 1 aliphatic rings. The highest BCUT2D eigenvalue weighted by Crippen LogP contribution is 2.18. The average Bonchev–Trinajstić information content (AvgIpc) is 3.25. The van der Waals surface area contributed by atoms with E-state index in [1.807, 2.05) is 54.7 Å². The van der Waals surface area contributed by atoms with Crippen LogP contribution in [-0.4, -0.2) is 54.3 Å². The SMILES string of the molecule is CN(C)c1ccc(O[C@@H]2CCN(C(=O)/C=C/c3cccs3)C2)nn1. The smallest absolute Gasteiger partial charge is 0.246 e. The van der Waals surface area contributed by atoms with E-state index in [1.54, 1.807) is 22.3 Å². The molecule has 126 valence electrons. The van der Waals surface area contributed by atoms with Crippen molar-refractivity contribution in [1.29, 1.82) is 0 Å². The van der Waals surface area contributed by atoms with Crippen molar-refractivity contribution in [3.63, 3.8) is 0 Å². The van der Waals surface area contributed by atoms with E-state index in [0.29, 0.717) is 19.0 Å². The van der Waals surface area contributed by atoms with Crippen LogP contribution >= 0.6 is 11.3 Å². The Balaban J connectivity index is 1.52. The first-order chi connectivity index (χ1) is 11.6. The molecule has 0 bridgehead atoms. The molecule has 0 spiro atoms. The lowest BCUT2D eigenvalue weighted by atomic mass is 10.3. The summed E-state index contributed by atoms with van der Waals surface area (Å²) in [5, 5.41) is 10.2. The number of ether oxygens (including phenoxy) is 1. The molecule has 1 atom stereocenters. The lowest BCUT2D eigenvalue weighted by molar-refractivity contribution is -0.125. The van der Waals surface area contributed by atoms with Gasteiger partial charge in [-0.25, -0.2) is 0 Å². The third kappa shape index (κ3) is 4.11. The van der Waals surface area contributed by atoms with Crippen molar-refractivity contribution >= 4 is 29.1 Å². The molecule has 1 saturated heterocycles. The van der Waals surface area contributed by atoms with Gasteiger partial charge in [-0.1, -0.05) is 6.07 Å². The molecule has 0 saturated carbocycles. The molecule has 2 aromatic rings. The molecule has 3 rings (SSSR count). The van der Waals surface area contributed by atoms with Crippen molar-refractivity contribution in [2.45, 2.75) is 12.5 Å². The Morgan fingerprint density at radius 1 is 1.38 bits per heavy atom. The number of thiophene rings is 1. The maximum atomic E-state index is 12.2. The zero-order valence-corrected chi connectivity index (χ0v) is 14.6. The van der Waals surface area contributed by atoms with Crippen LogP contribution in [0.15, 0.2) is 35.7 Å². The molecule has 0 unspecified atom stereocenters. The summed E-state index contributed by atoms with van der Waals surface area (Å²) in [4.78, 5) is 17.0. The van der Waals surface area contributed by atoms with Crippen molar-refractivity contribution in [3.8, 4) is 5.88 Å². The fraction of sp³-hybridized carbons (Fsp3) is 0.353. The number of hydrogen-bond acceptors (Lipinski definition) is 6. The molecule has 0 radical (unpaired) electrons. The maximum absolute atomic E-state index is 12.2. The normalized spacial score (nSPS) is 17.4. The summed E-state index contributed by atoms with van der Waals surface area (Å²) in [6, 6.07) is 7.63. The van der Waals surface area contributed by atoms with Crippen molar-refractivity contribution in [3.05, 3.63) is 40.6 Å². The standard InChI is InChI=1S/C17H20N4O2S/c1-20(2)15-6-7-16(19-18-15)23-13-9-10-21(12-13)17(22)8-5-14-4-3-11-24-14/h3-8,11,13H,9-10,12H2,1-2H3/b8-5+/t13-/m1/s1. The van der Waals surface area contributed by atoms with Crippen LogP contribution in [0.2, 0.25) is 0 Å². The van der Waals surface area contributed by atoms with Gasteiger partial charge in [0.05, 0.1) is 6.54 Å². The third-order valence-corrected chi connectivity index (χ3v) is 4.60. The Kier molecular flexibility index (Phi) is 5.10. The zero-order valence-electron chi connectivity index (χ0n) is 13.8. The van der Waals surface area contributed by atoms with Gasteiger partial charge in [0.1, 0.15) is 6.10 Å². The fourth-order valence-corrected chi connectivity index (χ4v) is 3.07. The molecule has 3 heterocycles. The van der Waals surface area contributed by atoms with E-state index in [-0.39, 0.29) is 12.0 Å². The Hall–Kier alpha value is -2.41. The number of carbonyl (C=O) groups excluding carboxylic acids is 1. The number of amides is 1. The first kappa shape index (κ1) is 16.4. The minimum atomic E-state index is -0.0383. The minimum Gasteiger partial charge on any atom is -0.471 e. The maximum Gasteiger partial charge on any atom is 0.246 e. The summed E-state index contributed by atoms with van der Waals surface area (Å²) in [7, 11) is 3.82. The molecule has 1 aliphatic heterocycles. The predicted octanol–water partition coefficient (Wildman–Crippen LogP) is 2.30. The molecule has 1 fully saturated rings. The summed E-state index contributed by atoms with van der Waals surface area (Å²) in [6.07, 6.45) is 4.24. The van der Waals surface area contributed by atoms with Crippen molar-refractivity contribution < 1.29 is 9.53 Å². The first-order valence-electron chi connectivity index (χ1n) is 7.80. The van der Waals surface area contributed by atoms with Gasteiger partial charge >= 0.3 is 0 Å². The molecule has 0 aromatic carbocycles. The van der Waals surface area contributed by atoms with E-state index in [0.717, 1.165) is 17.1 Å². The van der Waals surface area contributed by atoms with E-state index in [9.17, 15) is 4.79 Å². The van der Waals surface area contributed by atoms with E-state index in [2.05, 4.69) is 10.2 Å². The number of likely N-dealkylation sites (tertiary alicyclic amines) is 1. The van der Waals surface area contributed by atoms with E-state index >= 15 is 0 Å². The van der Waals surface area contributed by atoms with Crippen molar-refractivity contribution in [1.82, 2.24) is 15.1 Å². The molecule has 7 heteroatoms. The molecule has 6 nitrogen and oxygen atoms in total. The van der Waals surface area contributed by atoms with Crippen LogP contribution in [-0.2, 0) is 4.79 Å². The van der Waals surface area contributed by atoms with Gasteiger partial charge in [-0.3, -0.25) is 4.79 Å². The molecule has 2 aromatic heterocycles. The lowest BCUT2D eigenvalue weighted by Crippen LogP contribution is -2.29. The summed E-state index contributed by atoms with van der Waals surface area (Å²) >= 11 is 1.61. The van der Waals surface area contributed by atoms with Gasteiger partial charge in [0, 0.05) is 44.1 Å².